The molecule has 0 bridgehead atoms. The van der Waals surface area contributed by atoms with Crippen LogP contribution in [0.5, 0.6) is 5.75 Å². The number of aromatic nitrogens is 1. The predicted molar refractivity (Wildman–Crippen MR) is 176 cm³/mol. The monoisotopic (exact) mass is 590 g/mol. The van der Waals surface area contributed by atoms with Gasteiger partial charge in [-0.25, -0.2) is 0 Å². The fraction of sp³-hybridized carbons (Fsp3) is 0.324. The third-order valence-corrected chi connectivity index (χ3v) is 8.11. The highest BCUT2D eigenvalue weighted by Crippen LogP contribution is 2.27. The van der Waals surface area contributed by atoms with Gasteiger partial charge in [-0.3, -0.25) is 14.6 Å². The van der Waals surface area contributed by atoms with Crippen molar-refractivity contribution in [1.82, 2.24) is 14.8 Å². The van der Waals surface area contributed by atoms with Crippen molar-refractivity contribution in [2.45, 2.75) is 32.1 Å². The van der Waals surface area contributed by atoms with E-state index in [1.54, 1.807) is 6.20 Å². The van der Waals surface area contributed by atoms with E-state index >= 15 is 0 Å². The highest BCUT2D eigenvalue weighted by atomic mass is 16.5. The molecule has 0 atom stereocenters. The summed E-state index contributed by atoms with van der Waals surface area (Å²) in [5, 5.41) is 3.09. The summed E-state index contributed by atoms with van der Waals surface area (Å²) in [4.78, 5) is 33.9. The number of likely N-dealkylation sites (N-methyl/N-ethyl adjacent to an activating group) is 1. The maximum Gasteiger partial charge on any atom is 0.225 e. The molecule has 0 radical (unpaired) electrons. The highest BCUT2D eigenvalue weighted by molar-refractivity contribution is 5.91. The fourth-order valence-corrected chi connectivity index (χ4v) is 5.47. The molecule has 1 fully saturated rings. The molecule has 7 heteroatoms. The number of ketones is 1. The number of hydrogen-bond acceptors (Lipinski definition) is 6. The van der Waals surface area contributed by atoms with Gasteiger partial charge < -0.3 is 19.9 Å². The van der Waals surface area contributed by atoms with Crippen molar-refractivity contribution in [3.05, 3.63) is 114 Å². The Balaban J connectivity index is 1.09. The summed E-state index contributed by atoms with van der Waals surface area (Å²) >= 11 is 0. The number of nitrogens with zero attached hydrogens (tertiary/aromatic N) is 3. The Morgan fingerprint density at radius 1 is 0.841 bits per heavy atom. The number of carbonyl (C=O) groups excluding carboxylic acids is 2. The zero-order chi connectivity index (χ0) is 30.6. The second-order valence-corrected chi connectivity index (χ2v) is 11.5. The number of nitrogens with one attached hydrogen (secondary N) is 1. The molecule has 0 aliphatic carbocycles. The van der Waals surface area contributed by atoms with Crippen molar-refractivity contribution in [2.24, 2.45) is 0 Å². The molecule has 2 heterocycles. The number of carbonyl (C=O) groups is 2. The summed E-state index contributed by atoms with van der Waals surface area (Å²) in [5.41, 5.74) is 6.26. The van der Waals surface area contributed by atoms with Crippen LogP contribution in [0.15, 0.2) is 97.3 Å². The zero-order valence-electron chi connectivity index (χ0n) is 25.6. The zero-order valence-corrected chi connectivity index (χ0v) is 25.6. The van der Waals surface area contributed by atoms with Crippen molar-refractivity contribution in [3.63, 3.8) is 0 Å². The molecule has 0 unspecified atom stereocenters. The number of benzene rings is 3. The van der Waals surface area contributed by atoms with Gasteiger partial charge in [0.15, 0.2) is 0 Å². The van der Waals surface area contributed by atoms with Gasteiger partial charge in [0.25, 0.3) is 0 Å². The molecule has 1 saturated heterocycles. The van der Waals surface area contributed by atoms with E-state index in [0.717, 1.165) is 72.8 Å². The van der Waals surface area contributed by atoms with Crippen molar-refractivity contribution in [1.29, 1.82) is 0 Å². The number of ether oxygens (including phenoxy) is 1. The summed E-state index contributed by atoms with van der Waals surface area (Å²) in [6.07, 6.45) is 6.43. The van der Waals surface area contributed by atoms with Crippen LogP contribution in [0.4, 0.5) is 5.69 Å². The number of hydrogen-bond donors (Lipinski definition) is 1. The molecule has 1 aromatic heterocycles. The fourth-order valence-electron chi connectivity index (χ4n) is 5.47. The van der Waals surface area contributed by atoms with Crippen molar-refractivity contribution in [2.75, 3.05) is 51.7 Å². The number of Topliss-reactive ketones (excluding diaryl/α,β-unsaturated/α-hetero) is 1. The summed E-state index contributed by atoms with van der Waals surface area (Å²) < 4.78 is 6.07. The van der Waals surface area contributed by atoms with Crippen molar-refractivity contribution in [3.8, 4) is 16.9 Å². The molecular formula is C37H42N4O3. The molecule has 5 rings (SSSR count). The summed E-state index contributed by atoms with van der Waals surface area (Å²) in [5.74, 6) is 1.05. The van der Waals surface area contributed by atoms with E-state index in [2.05, 4.69) is 45.3 Å². The lowest BCUT2D eigenvalue weighted by Crippen LogP contribution is -2.45. The first-order valence-electron chi connectivity index (χ1n) is 15.5. The van der Waals surface area contributed by atoms with E-state index in [0.29, 0.717) is 32.3 Å². The second-order valence-electron chi connectivity index (χ2n) is 11.5. The molecule has 7 nitrogen and oxygen atoms in total. The second kappa shape index (κ2) is 15.9. The normalized spacial score (nSPS) is 13.8. The van der Waals surface area contributed by atoms with Crippen LogP contribution in [0.3, 0.4) is 0 Å². The third kappa shape index (κ3) is 9.59. The first kappa shape index (κ1) is 31.1. The summed E-state index contributed by atoms with van der Waals surface area (Å²) in [6.45, 7) is 5.45. The molecule has 0 saturated carbocycles. The average molecular weight is 591 g/mol. The third-order valence-electron chi connectivity index (χ3n) is 8.11. The number of aryl methyl sites for hydroxylation is 1. The van der Waals surface area contributed by atoms with E-state index < -0.39 is 0 Å². The van der Waals surface area contributed by atoms with E-state index in [1.807, 2.05) is 72.9 Å². The SMILES string of the molecule is CN1CCN(CCC(=O)Nc2cccc(-c3ccccc3CCOc3ccc(CC(=O)CCc4cccnc4)cc3)c2)CC1. The number of anilines is 1. The van der Waals surface area contributed by atoms with Crippen LogP contribution in [-0.4, -0.2) is 72.9 Å². The first-order chi connectivity index (χ1) is 21.5. The van der Waals surface area contributed by atoms with Crippen LogP contribution in [0.1, 0.15) is 29.5 Å². The highest BCUT2D eigenvalue weighted by Gasteiger charge is 2.15. The Morgan fingerprint density at radius 2 is 1.66 bits per heavy atom. The molecule has 1 N–H and O–H groups in total. The van der Waals surface area contributed by atoms with E-state index in [-0.39, 0.29) is 11.7 Å². The van der Waals surface area contributed by atoms with Gasteiger partial charge in [0.2, 0.25) is 5.91 Å². The van der Waals surface area contributed by atoms with Crippen LogP contribution < -0.4 is 10.1 Å². The number of pyridine rings is 1. The number of amides is 1. The lowest BCUT2D eigenvalue weighted by Gasteiger charge is -2.32. The Kier molecular flexibility index (Phi) is 11.3. The van der Waals surface area contributed by atoms with Crippen LogP contribution in [0.25, 0.3) is 11.1 Å². The standard InChI is InChI=1S/C37H42N4O3/c1-40-21-23-41(24-22-40)20-17-37(43)39-33-9-4-8-32(27-33)36-10-3-2-7-31(36)18-25-44-35-15-12-29(13-16-35)26-34(42)14-11-30-6-5-19-38-28-30/h2-10,12-13,15-16,19,27-28H,11,14,17-18,20-26H2,1H3,(H,39,43). The largest absolute Gasteiger partial charge is 0.493 e. The maximum absolute atomic E-state index is 12.7. The molecule has 228 valence electrons. The maximum atomic E-state index is 12.7. The average Bonchev–Trinajstić information content (AvgIpc) is 3.05. The number of piperazine rings is 1. The van der Waals surface area contributed by atoms with Crippen molar-refractivity contribution < 1.29 is 14.3 Å². The van der Waals surface area contributed by atoms with Crippen LogP contribution >= 0.6 is 0 Å². The predicted octanol–water partition coefficient (Wildman–Crippen LogP) is 5.69. The van der Waals surface area contributed by atoms with E-state index in [4.69, 9.17) is 4.74 Å². The van der Waals surface area contributed by atoms with Gasteiger partial charge in [0.1, 0.15) is 11.5 Å². The van der Waals surface area contributed by atoms with E-state index in [9.17, 15) is 9.59 Å². The minimum absolute atomic E-state index is 0.0443. The molecule has 44 heavy (non-hydrogen) atoms. The Hall–Kier alpha value is -4.33. The summed E-state index contributed by atoms with van der Waals surface area (Å²) in [7, 11) is 2.14. The lowest BCUT2D eigenvalue weighted by molar-refractivity contribution is -0.118. The van der Waals surface area contributed by atoms with Gasteiger partial charge in [0.05, 0.1) is 6.61 Å². The molecule has 4 aromatic rings. The molecule has 1 aliphatic heterocycles. The number of rotatable bonds is 14. The molecular weight excluding hydrogens is 548 g/mol. The molecule has 3 aromatic carbocycles. The van der Waals surface area contributed by atoms with Gasteiger partial charge in [0, 0.05) is 76.5 Å². The van der Waals surface area contributed by atoms with Crippen LogP contribution in [0, 0.1) is 0 Å². The minimum atomic E-state index is 0.0443. The van der Waals surface area contributed by atoms with Crippen LogP contribution in [-0.2, 0) is 28.9 Å². The molecule has 1 amide bonds. The van der Waals surface area contributed by atoms with Gasteiger partial charge in [-0.05, 0) is 71.6 Å². The Labute approximate surface area is 260 Å². The summed E-state index contributed by atoms with van der Waals surface area (Å²) in [6, 6.07) is 28.1. The van der Waals surface area contributed by atoms with Gasteiger partial charge in [-0.15, -0.1) is 0 Å². The van der Waals surface area contributed by atoms with Crippen LogP contribution in [0.2, 0.25) is 0 Å². The van der Waals surface area contributed by atoms with Gasteiger partial charge in [-0.2, -0.15) is 0 Å². The smallest absolute Gasteiger partial charge is 0.225 e. The van der Waals surface area contributed by atoms with E-state index in [1.165, 1.54) is 5.56 Å². The Bertz CT molecular complexity index is 1500. The molecule has 1 aliphatic rings. The minimum Gasteiger partial charge on any atom is -0.493 e. The topological polar surface area (TPSA) is 74.8 Å². The first-order valence-corrected chi connectivity index (χ1v) is 15.5. The quantitative estimate of drug-likeness (QED) is 0.203. The Morgan fingerprint density at radius 3 is 2.45 bits per heavy atom. The van der Waals surface area contributed by atoms with Crippen molar-refractivity contribution >= 4 is 17.4 Å². The van der Waals surface area contributed by atoms with Gasteiger partial charge in [-0.1, -0.05) is 54.6 Å². The molecule has 0 spiro atoms. The lowest BCUT2D eigenvalue weighted by atomic mass is 9.97. The van der Waals surface area contributed by atoms with Gasteiger partial charge >= 0.3 is 0 Å².